The molecular weight excluding hydrogens is 415 g/mol. The molecule has 1 saturated heterocycles. The van der Waals surface area contributed by atoms with Gasteiger partial charge in [0.1, 0.15) is 0 Å². The molecule has 8 heteroatoms. The molecule has 0 aromatic heterocycles. The summed E-state index contributed by atoms with van der Waals surface area (Å²) in [4.78, 5) is 4.37. The fraction of sp³-hybridized carbons (Fsp3) is 0.929. The highest BCUT2D eigenvalue weighted by molar-refractivity contribution is 14.0. The molecule has 3 N–H and O–H groups in total. The molecule has 0 aromatic rings. The summed E-state index contributed by atoms with van der Waals surface area (Å²) < 4.78 is 24.9. The smallest absolute Gasteiger partial charge is 0.211 e. The molecule has 22 heavy (non-hydrogen) atoms. The Labute approximate surface area is 151 Å². The van der Waals surface area contributed by atoms with Gasteiger partial charge in [-0.2, -0.15) is 4.31 Å². The van der Waals surface area contributed by atoms with E-state index < -0.39 is 10.0 Å². The maximum absolute atomic E-state index is 11.7. The van der Waals surface area contributed by atoms with Gasteiger partial charge < -0.3 is 11.1 Å². The topological polar surface area (TPSA) is 87.8 Å². The number of hydrogen-bond acceptors (Lipinski definition) is 3. The first-order valence-corrected chi connectivity index (χ1v) is 9.85. The number of aliphatic imine (C=N–C) groups is 1. The second kappa shape index (κ2) is 9.27. The molecule has 0 radical (unpaired) electrons. The minimum Gasteiger partial charge on any atom is -0.370 e. The predicted octanol–water partition coefficient (Wildman–Crippen LogP) is 1.66. The van der Waals surface area contributed by atoms with Gasteiger partial charge in [-0.15, -0.1) is 24.0 Å². The van der Waals surface area contributed by atoms with Gasteiger partial charge in [-0.3, -0.25) is 4.99 Å². The van der Waals surface area contributed by atoms with Gasteiger partial charge in [-0.1, -0.05) is 25.7 Å². The van der Waals surface area contributed by atoms with Gasteiger partial charge in [-0.05, 0) is 25.7 Å². The molecule has 0 unspecified atom stereocenters. The lowest BCUT2D eigenvalue weighted by atomic mass is 10.1. The number of sulfonamides is 1. The van der Waals surface area contributed by atoms with Crippen molar-refractivity contribution >= 4 is 40.0 Å². The normalized spacial score (nSPS) is 25.5. The van der Waals surface area contributed by atoms with E-state index in [0.29, 0.717) is 25.1 Å². The lowest BCUT2D eigenvalue weighted by Gasteiger charge is -2.21. The van der Waals surface area contributed by atoms with E-state index in [0.717, 1.165) is 25.7 Å². The lowest BCUT2D eigenvalue weighted by Crippen LogP contribution is -2.41. The van der Waals surface area contributed by atoms with Crippen molar-refractivity contribution in [3.8, 4) is 0 Å². The van der Waals surface area contributed by atoms with Crippen LogP contribution in [0.2, 0.25) is 0 Å². The van der Waals surface area contributed by atoms with Crippen LogP contribution < -0.4 is 11.1 Å². The number of halogens is 1. The van der Waals surface area contributed by atoms with Crippen LogP contribution in [0.15, 0.2) is 4.99 Å². The largest absolute Gasteiger partial charge is 0.370 e. The molecule has 130 valence electrons. The highest BCUT2D eigenvalue weighted by Crippen LogP contribution is 2.20. The van der Waals surface area contributed by atoms with Crippen molar-refractivity contribution in [2.24, 2.45) is 10.7 Å². The molecular formula is C14H29IN4O2S. The van der Waals surface area contributed by atoms with Crippen LogP contribution in [0.1, 0.15) is 51.4 Å². The number of nitrogens with two attached hydrogens (primary N) is 1. The molecule has 0 bridgehead atoms. The standard InChI is InChI=1S/C14H28N4O2S.HI/c1-21(19,20)18-10-6-9-13(18)11-16-14(15)17-12-7-4-2-3-5-8-12;/h12-13H,2-11H2,1H3,(H3,15,16,17);1H/t13-;/m1./s1. The fourth-order valence-electron chi connectivity index (χ4n) is 3.31. The maximum Gasteiger partial charge on any atom is 0.211 e. The van der Waals surface area contributed by atoms with Crippen molar-refractivity contribution in [3.05, 3.63) is 0 Å². The van der Waals surface area contributed by atoms with Crippen LogP contribution >= 0.6 is 24.0 Å². The average Bonchev–Trinajstić information content (AvgIpc) is 2.75. The quantitative estimate of drug-likeness (QED) is 0.299. The van der Waals surface area contributed by atoms with Crippen LogP contribution in [-0.2, 0) is 10.0 Å². The van der Waals surface area contributed by atoms with Crippen molar-refractivity contribution in [2.45, 2.75) is 63.5 Å². The molecule has 0 amide bonds. The van der Waals surface area contributed by atoms with E-state index in [4.69, 9.17) is 5.73 Å². The van der Waals surface area contributed by atoms with Crippen molar-refractivity contribution < 1.29 is 8.42 Å². The Bertz CT molecular complexity index is 461. The van der Waals surface area contributed by atoms with E-state index in [-0.39, 0.29) is 30.0 Å². The molecule has 1 aliphatic heterocycles. The third-order valence-corrected chi connectivity index (χ3v) is 5.76. The van der Waals surface area contributed by atoms with Gasteiger partial charge >= 0.3 is 0 Å². The summed E-state index contributed by atoms with van der Waals surface area (Å²) in [5, 5.41) is 3.30. The first-order chi connectivity index (χ1) is 9.97. The summed E-state index contributed by atoms with van der Waals surface area (Å²) in [6.07, 6.45) is 10.4. The van der Waals surface area contributed by atoms with Crippen molar-refractivity contribution in [2.75, 3.05) is 19.3 Å². The second-order valence-corrected chi connectivity index (χ2v) is 8.16. The Morgan fingerprint density at radius 1 is 1.18 bits per heavy atom. The third kappa shape index (κ3) is 6.19. The van der Waals surface area contributed by atoms with Crippen LogP contribution in [-0.4, -0.2) is 50.1 Å². The highest BCUT2D eigenvalue weighted by Gasteiger charge is 2.31. The Balaban J connectivity index is 0.00000242. The average molecular weight is 444 g/mol. The Kier molecular flexibility index (Phi) is 8.40. The monoisotopic (exact) mass is 444 g/mol. The maximum atomic E-state index is 11.7. The first-order valence-electron chi connectivity index (χ1n) is 8.00. The van der Waals surface area contributed by atoms with Crippen LogP contribution in [0.4, 0.5) is 0 Å². The Morgan fingerprint density at radius 3 is 2.41 bits per heavy atom. The van der Waals surface area contributed by atoms with E-state index in [1.54, 1.807) is 4.31 Å². The van der Waals surface area contributed by atoms with E-state index in [1.165, 1.54) is 31.9 Å². The number of guanidine groups is 1. The Morgan fingerprint density at radius 2 is 1.82 bits per heavy atom. The van der Waals surface area contributed by atoms with Gasteiger partial charge in [0.15, 0.2) is 5.96 Å². The van der Waals surface area contributed by atoms with Gasteiger partial charge in [0.05, 0.1) is 12.8 Å². The summed E-state index contributed by atoms with van der Waals surface area (Å²) in [5.41, 5.74) is 5.96. The summed E-state index contributed by atoms with van der Waals surface area (Å²) in [6.45, 7) is 1.06. The second-order valence-electron chi connectivity index (χ2n) is 6.23. The summed E-state index contributed by atoms with van der Waals surface area (Å²) >= 11 is 0. The van der Waals surface area contributed by atoms with Crippen molar-refractivity contribution in [1.82, 2.24) is 9.62 Å². The van der Waals surface area contributed by atoms with Crippen LogP contribution in [0.5, 0.6) is 0 Å². The summed E-state index contributed by atoms with van der Waals surface area (Å²) in [5.74, 6) is 0.460. The van der Waals surface area contributed by atoms with Gasteiger partial charge in [-0.25, -0.2) is 8.42 Å². The van der Waals surface area contributed by atoms with Crippen LogP contribution in [0, 0.1) is 0 Å². The van der Waals surface area contributed by atoms with E-state index in [2.05, 4.69) is 10.3 Å². The van der Waals surface area contributed by atoms with Gasteiger partial charge in [0, 0.05) is 18.6 Å². The minimum absolute atomic E-state index is 0. The van der Waals surface area contributed by atoms with Crippen molar-refractivity contribution in [3.63, 3.8) is 0 Å². The van der Waals surface area contributed by atoms with Gasteiger partial charge in [0.25, 0.3) is 0 Å². The zero-order chi connectivity index (χ0) is 15.3. The predicted molar refractivity (Wildman–Crippen MR) is 101 cm³/mol. The molecule has 1 heterocycles. The lowest BCUT2D eigenvalue weighted by molar-refractivity contribution is 0.396. The minimum atomic E-state index is -3.13. The zero-order valence-corrected chi connectivity index (χ0v) is 16.5. The van der Waals surface area contributed by atoms with E-state index >= 15 is 0 Å². The van der Waals surface area contributed by atoms with Crippen LogP contribution in [0.25, 0.3) is 0 Å². The molecule has 2 rings (SSSR count). The number of hydrogen-bond donors (Lipinski definition) is 2. The molecule has 2 aliphatic rings. The highest BCUT2D eigenvalue weighted by atomic mass is 127. The van der Waals surface area contributed by atoms with E-state index in [1.807, 2.05) is 0 Å². The third-order valence-electron chi connectivity index (χ3n) is 4.43. The zero-order valence-electron chi connectivity index (χ0n) is 13.3. The Hall–Kier alpha value is -0.0900. The molecule has 2 fully saturated rings. The summed E-state index contributed by atoms with van der Waals surface area (Å²) in [7, 11) is -3.13. The molecule has 0 spiro atoms. The number of nitrogens with zero attached hydrogens (tertiary/aromatic N) is 2. The number of rotatable bonds is 4. The molecule has 1 atom stereocenters. The molecule has 1 aliphatic carbocycles. The van der Waals surface area contributed by atoms with Crippen molar-refractivity contribution in [1.29, 1.82) is 0 Å². The molecule has 0 aromatic carbocycles. The molecule has 1 saturated carbocycles. The fourth-order valence-corrected chi connectivity index (χ4v) is 4.48. The van der Waals surface area contributed by atoms with Gasteiger partial charge in [0.2, 0.25) is 10.0 Å². The van der Waals surface area contributed by atoms with Crippen LogP contribution in [0.3, 0.4) is 0 Å². The SMILES string of the molecule is CS(=O)(=O)N1CCC[C@@H]1CN=C(N)NC1CCCCCC1.I. The van der Waals surface area contributed by atoms with E-state index in [9.17, 15) is 8.42 Å². The summed E-state index contributed by atoms with van der Waals surface area (Å²) in [6, 6.07) is 0.389. The first kappa shape index (κ1) is 20.0. The molecule has 6 nitrogen and oxygen atoms in total. The number of nitrogens with one attached hydrogen (secondary N) is 1.